The van der Waals surface area contributed by atoms with Gasteiger partial charge in [-0.1, -0.05) is 30.3 Å². The van der Waals surface area contributed by atoms with Gasteiger partial charge in [0.25, 0.3) is 0 Å². The lowest BCUT2D eigenvalue weighted by molar-refractivity contribution is -0.120. The molecule has 4 nitrogen and oxygen atoms in total. The number of amides is 1. The standard InChI is InChI=1S/C22H18I3NO3/c23-17-13-16(6-7-20(17)27)29-22-18(24)10-15(11-19(22)25)12-21(28)26-9-8-14-4-2-1-3-5-14/h1-7,10-11,13,27H,8-9,12H2,(H,26,28). The van der Waals surface area contributed by atoms with Crippen LogP contribution in [0, 0.1) is 10.7 Å². The number of hydrogen-bond acceptors (Lipinski definition) is 3. The van der Waals surface area contributed by atoms with E-state index < -0.39 is 0 Å². The number of halogens is 3. The Balaban J connectivity index is 1.60. The number of rotatable bonds is 7. The van der Waals surface area contributed by atoms with Gasteiger partial charge >= 0.3 is 0 Å². The summed E-state index contributed by atoms with van der Waals surface area (Å²) in [6.07, 6.45) is 1.15. The number of aromatic hydroxyl groups is 1. The Morgan fingerprint density at radius 3 is 2.24 bits per heavy atom. The van der Waals surface area contributed by atoms with E-state index in [9.17, 15) is 9.90 Å². The van der Waals surface area contributed by atoms with Crippen molar-refractivity contribution < 1.29 is 14.6 Å². The van der Waals surface area contributed by atoms with Crippen molar-refractivity contribution in [2.24, 2.45) is 0 Å². The zero-order chi connectivity index (χ0) is 20.8. The molecule has 0 aliphatic heterocycles. The van der Waals surface area contributed by atoms with Gasteiger partial charge in [-0.15, -0.1) is 0 Å². The molecule has 0 aliphatic carbocycles. The van der Waals surface area contributed by atoms with E-state index in [0.29, 0.717) is 18.7 Å². The first-order valence-corrected chi connectivity index (χ1v) is 12.1. The fraction of sp³-hybridized carbons (Fsp3) is 0.136. The van der Waals surface area contributed by atoms with Gasteiger partial charge in [-0.25, -0.2) is 0 Å². The Morgan fingerprint density at radius 2 is 1.59 bits per heavy atom. The van der Waals surface area contributed by atoms with E-state index in [2.05, 4.69) is 85.2 Å². The van der Waals surface area contributed by atoms with Crippen molar-refractivity contribution in [2.45, 2.75) is 12.8 Å². The van der Waals surface area contributed by atoms with Gasteiger partial charge in [-0.05, 0) is 116 Å². The Bertz CT molecular complexity index is 986. The van der Waals surface area contributed by atoms with E-state index >= 15 is 0 Å². The molecule has 150 valence electrons. The van der Waals surface area contributed by atoms with Gasteiger partial charge in [0.15, 0.2) is 5.75 Å². The molecule has 3 aromatic rings. The molecule has 0 heterocycles. The summed E-state index contributed by atoms with van der Waals surface area (Å²) in [6.45, 7) is 0.623. The maximum atomic E-state index is 12.3. The van der Waals surface area contributed by atoms with Crippen LogP contribution in [0.25, 0.3) is 0 Å². The van der Waals surface area contributed by atoms with Crippen LogP contribution in [0.4, 0.5) is 0 Å². The number of ether oxygens (including phenoxy) is 1. The van der Waals surface area contributed by atoms with E-state index in [1.54, 1.807) is 18.2 Å². The van der Waals surface area contributed by atoms with Gasteiger partial charge in [0.2, 0.25) is 5.91 Å². The summed E-state index contributed by atoms with van der Waals surface area (Å²) >= 11 is 6.51. The highest BCUT2D eigenvalue weighted by Gasteiger charge is 2.13. The number of carbonyl (C=O) groups is 1. The highest BCUT2D eigenvalue weighted by atomic mass is 127. The van der Waals surface area contributed by atoms with Crippen LogP contribution in [0.15, 0.2) is 60.7 Å². The summed E-state index contributed by atoms with van der Waals surface area (Å²) in [7, 11) is 0. The van der Waals surface area contributed by atoms with Gasteiger partial charge in [0.05, 0.1) is 17.1 Å². The molecule has 3 aromatic carbocycles. The molecule has 2 N–H and O–H groups in total. The van der Waals surface area contributed by atoms with Gasteiger partial charge in [0.1, 0.15) is 11.5 Å². The first-order valence-electron chi connectivity index (χ1n) is 8.87. The second-order valence-electron chi connectivity index (χ2n) is 6.37. The van der Waals surface area contributed by atoms with Crippen LogP contribution in [0.3, 0.4) is 0 Å². The summed E-state index contributed by atoms with van der Waals surface area (Å²) in [5, 5.41) is 12.6. The van der Waals surface area contributed by atoms with Crippen LogP contribution in [-0.2, 0) is 17.6 Å². The molecule has 0 aromatic heterocycles. The highest BCUT2D eigenvalue weighted by Crippen LogP contribution is 2.34. The topological polar surface area (TPSA) is 58.6 Å². The summed E-state index contributed by atoms with van der Waals surface area (Å²) in [5.41, 5.74) is 2.16. The number of phenolic OH excluding ortho intramolecular Hbond substituents is 1. The quantitative estimate of drug-likeness (QED) is 0.299. The fourth-order valence-corrected chi connectivity index (χ4v) is 5.32. The third-order valence-corrected chi connectivity index (χ3v) is 6.61. The molecular weight excluding hydrogens is 707 g/mol. The molecule has 0 aliphatic rings. The van der Waals surface area contributed by atoms with Crippen LogP contribution in [0.2, 0.25) is 0 Å². The van der Waals surface area contributed by atoms with Gasteiger partial charge in [-0.3, -0.25) is 4.79 Å². The molecule has 0 saturated heterocycles. The summed E-state index contributed by atoms with van der Waals surface area (Å²) < 4.78 is 8.62. The molecular formula is C22H18I3NO3. The van der Waals surface area contributed by atoms with Crippen molar-refractivity contribution >= 4 is 73.7 Å². The minimum absolute atomic E-state index is 0.00860. The molecule has 7 heteroatoms. The van der Waals surface area contributed by atoms with E-state index in [1.165, 1.54) is 5.56 Å². The van der Waals surface area contributed by atoms with Gasteiger partial charge in [-0.2, -0.15) is 0 Å². The number of phenols is 1. The van der Waals surface area contributed by atoms with Crippen LogP contribution >= 0.6 is 67.8 Å². The van der Waals surface area contributed by atoms with Crippen molar-refractivity contribution in [3.63, 3.8) is 0 Å². The molecule has 1 amide bonds. The van der Waals surface area contributed by atoms with Crippen LogP contribution in [0.1, 0.15) is 11.1 Å². The fourth-order valence-electron chi connectivity index (χ4n) is 2.72. The molecule has 0 radical (unpaired) electrons. The lowest BCUT2D eigenvalue weighted by Crippen LogP contribution is -2.27. The third-order valence-electron chi connectivity index (χ3n) is 4.14. The maximum Gasteiger partial charge on any atom is 0.224 e. The minimum atomic E-state index is 0.00860. The van der Waals surface area contributed by atoms with Crippen molar-refractivity contribution in [2.75, 3.05) is 6.54 Å². The lowest BCUT2D eigenvalue weighted by Gasteiger charge is -2.13. The van der Waals surface area contributed by atoms with Crippen LogP contribution in [-0.4, -0.2) is 17.6 Å². The number of hydrogen-bond donors (Lipinski definition) is 2. The Morgan fingerprint density at radius 1 is 0.897 bits per heavy atom. The number of carbonyl (C=O) groups excluding carboxylic acids is 1. The van der Waals surface area contributed by atoms with E-state index in [1.807, 2.05) is 30.3 Å². The van der Waals surface area contributed by atoms with Crippen molar-refractivity contribution in [1.29, 1.82) is 0 Å². The second kappa shape index (κ2) is 10.8. The Kier molecular flexibility index (Phi) is 8.42. The van der Waals surface area contributed by atoms with Crippen molar-refractivity contribution in [1.82, 2.24) is 5.32 Å². The SMILES string of the molecule is O=C(Cc1cc(I)c(Oc2ccc(O)c(I)c2)c(I)c1)NCCc1ccccc1. The highest BCUT2D eigenvalue weighted by molar-refractivity contribution is 14.1. The molecule has 3 rings (SSSR count). The molecule has 0 fully saturated rings. The predicted octanol–water partition coefficient (Wildman–Crippen LogP) is 5.90. The van der Waals surface area contributed by atoms with E-state index in [-0.39, 0.29) is 11.7 Å². The predicted molar refractivity (Wildman–Crippen MR) is 140 cm³/mol. The zero-order valence-electron chi connectivity index (χ0n) is 15.3. The normalized spacial score (nSPS) is 10.6. The second-order valence-corrected chi connectivity index (χ2v) is 9.85. The molecule has 0 spiro atoms. The Labute approximate surface area is 210 Å². The average molecular weight is 725 g/mol. The first-order chi connectivity index (χ1) is 13.9. The largest absolute Gasteiger partial charge is 0.507 e. The van der Waals surface area contributed by atoms with Gasteiger partial charge < -0.3 is 15.2 Å². The minimum Gasteiger partial charge on any atom is -0.507 e. The van der Waals surface area contributed by atoms with E-state index in [0.717, 1.165) is 28.4 Å². The van der Waals surface area contributed by atoms with E-state index in [4.69, 9.17) is 4.74 Å². The molecule has 0 unspecified atom stereocenters. The summed E-state index contributed by atoms with van der Waals surface area (Å²) in [6, 6.07) is 19.2. The van der Waals surface area contributed by atoms with Crippen molar-refractivity contribution in [3.05, 3.63) is 82.5 Å². The zero-order valence-corrected chi connectivity index (χ0v) is 21.8. The number of nitrogens with one attached hydrogen (secondary N) is 1. The van der Waals surface area contributed by atoms with Crippen LogP contribution < -0.4 is 10.1 Å². The summed E-state index contributed by atoms with van der Waals surface area (Å²) in [4.78, 5) is 12.3. The average Bonchev–Trinajstić information content (AvgIpc) is 2.68. The van der Waals surface area contributed by atoms with Gasteiger partial charge in [0, 0.05) is 6.54 Å². The molecule has 0 bridgehead atoms. The monoisotopic (exact) mass is 725 g/mol. The smallest absolute Gasteiger partial charge is 0.224 e. The Hall–Kier alpha value is -1.08. The number of benzene rings is 3. The third kappa shape index (κ3) is 6.71. The lowest BCUT2D eigenvalue weighted by atomic mass is 10.1. The molecule has 0 saturated carbocycles. The van der Waals surface area contributed by atoms with Crippen molar-refractivity contribution in [3.8, 4) is 17.2 Å². The first kappa shape index (κ1) is 22.6. The summed E-state index contributed by atoms with van der Waals surface area (Å²) in [5.74, 6) is 1.65. The molecule has 29 heavy (non-hydrogen) atoms. The maximum absolute atomic E-state index is 12.3. The van der Waals surface area contributed by atoms with Crippen LogP contribution in [0.5, 0.6) is 17.2 Å². The molecule has 0 atom stereocenters.